The van der Waals surface area contributed by atoms with Crippen LogP contribution in [-0.2, 0) is 4.74 Å². The van der Waals surface area contributed by atoms with E-state index in [4.69, 9.17) is 0 Å². The molecule has 0 aliphatic carbocycles. The minimum atomic E-state index is -5.76. The van der Waals surface area contributed by atoms with Crippen LogP contribution in [0.2, 0.25) is 0 Å². The van der Waals surface area contributed by atoms with Gasteiger partial charge in [-0.05, 0) is 20.8 Å². The number of halogens is 6. The summed E-state index contributed by atoms with van der Waals surface area (Å²) in [5.74, 6) is 0. The highest BCUT2D eigenvalue weighted by Gasteiger charge is 2.70. The van der Waals surface area contributed by atoms with E-state index in [1.54, 1.807) is 0 Å². The van der Waals surface area contributed by atoms with Crippen LogP contribution in [0.3, 0.4) is 0 Å². The number of hydrogen-bond donors (Lipinski definition) is 0. The van der Waals surface area contributed by atoms with Gasteiger partial charge < -0.3 is 9.64 Å². The molecule has 1 heterocycles. The third-order valence-electron chi connectivity index (χ3n) is 3.86. The van der Waals surface area contributed by atoms with Crippen LogP contribution in [0.25, 0.3) is 0 Å². The maximum absolute atomic E-state index is 12.7. The first-order valence-electron chi connectivity index (χ1n) is 6.96. The third kappa shape index (κ3) is 4.24. The number of rotatable bonds is 1. The molecule has 0 saturated carbocycles. The Balaban J connectivity index is 2.80. The number of ether oxygens (including phenoxy) is 1. The predicted molar refractivity (Wildman–Crippen MR) is 72.8 cm³/mol. The fraction of sp³-hybridized carbons (Fsp3) is 0.917. The third-order valence-corrected chi connectivity index (χ3v) is 3.86. The van der Waals surface area contributed by atoms with Crippen molar-refractivity contribution >= 4 is 13.9 Å². The number of amides is 1. The second-order valence-electron chi connectivity index (χ2n) is 6.54. The summed E-state index contributed by atoms with van der Waals surface area (Å²) < 4.78 is 80.2. The van der Waals surface area contributed by atoms with E-state index in [-0.39, 0.29) is 26.5 Å². The fourth-order valence-corrected chi connectivity index (χ4v) is 2.08. The summed E-state index contributed by atoms with van der Waals surface area (Å²) in [6, 6.07) is 0. The van der Waals surface area contributed by atoms with Crippen LogP contribution in [0.5, 0.6) is 0 Å². The zero-order valence-corrected chi connectivity index (χ0v) is 13.3. The van der Waals surface area contributed by atoms with E-state index in [0.717, 1.165) is 4.90 Å². The lowest BCUT2D eigenvalue weighted by atomic mass is 9.80. The number of alkyl halides is 6. The van der Waals surface area contributed by atoms with Crippen LogP contribution in [0.4, 0.5) is 31.1 Å². The lowest BCUT2D eigenvalue weighted by Gasteiger charge is -2.43. The van der Waals surface area contributed by atoms with E-state index in [1.807, 2.05) is 25.7 Å². The Morgan fingerprint density at radius 1 is 0.913 bits per heavy atom. The minimum absolute atomic E-state index is 0.00188. The lowest BCUT2D eigenvalue weighted by Crippen LogP contribution is -2.62. The maximum atomic E-state index is 12.7. The van der Waals surface area contributed by atoms with E-state index in [2.05, 4.69) is 4.74 Å². The zero-order valence-electron chi connectivity index (χ0n) is 13.3. The van der Waals surface area contributed by atoms with Crippen molar-refractivity contribution in [3.05, 3.63) is 0 Å². The molecule has 134 valence electrons. The molecule has 0 radical (unpaired) electrons. The summed E-state index contributed by atoms with van der Waals surface area (Å²) in [7, 11) is -0.184. The monoisotopic (exact) mass is 348 g/mol. The predicted octanol–water partition coefficient (Wildman–Crippen LogP) is 1.99. The number of hydrogen-bond acceptors (Lipinski definition) is 3. The lowest BCUT2D eigenvalue weighted by molar-refractivity contribution is -0.331. The van der Waals surface area contributed by atoms with Gasteiger partial charge in [-0.2, -0.15) is 26.3 Å². The topological polar surface area (TPSA) is 32.8 Å². The van der Waals surface area contributed by atoms with Crippen molar-refractivity contribution in [2.45, 2.75) is 44.2 Å². The minimum Gasteiger partial charge on any atom is -0.433 e. The average molecular weight is 348 g/mol. The van der Waals surface area contributed by atoms with Gasteiger partial charge in [0.05, 0.1) is 0 Å². The van der Waals surface area contributed by atoms with Crippen LogP contribution >= 0.6 is 0 Å². The molecule has 0 unspecified atom stereocenters. The molecular weight excluding hydrogens is 329 g/mol. The Morgan fingerprint density at radius 2 is 1.30 bits per heavy atom. The first-order chi connectivity index (χ1) is 10.1. The summed E-state index contributed by atoms with van der Waals surface area (Å²) in [4.78, 5) is 14.6. The molecule has 1 fully saturated rings. The number of carbonyl (C=O) groups excluding carboxylic acids is 1. The van der Waals surface area contributed by atoms with Gasteiger partial charge in [0.25, 0.3) is 5.50 Å². The maximum Gasteiger partial charge on any atom is 0.428 e. The summed E-state index contributed by atoms with van der Waals surface area (Å²) in [5.41, 5.74) is -4.74. The molecule has 11 heteroatoms. The van der Waals surface area contributed by atoms with Gasteiger partial charge in [0.15, 0.2) is 7.85 Å². The smallest absolute Gasteiger partial charge is 0.428 e. The van der Waals surface area contributed by atoms with Crippen molar-refractivity contribution in [1.82, 2.24) is 9.80 Å². The van der Waals surface area contributed by atoms with Crippen LogP contribution in [0.1, 0.15) is 20.8 Å². The van der Waals surface area contributed by atoms with Gasteiger partial charge in [0.1, 0.15) is 0 Å². The summed E-state index contributed by atoms with van der Waals surface area (Å²) >= 11 is 0. The first-order valence-corrected chi connectivity index (χ1v) is 6.96. The van der Waals surface area contributed by atoms with Crippen LogP contribution in [0, 0.1) is 0 Å². The van der Waals surface area contributed by atoms with E-state index in [0.29, 0.717) is 13.1 Å². The standard InChI is InChI=1S/C12H19BF6N2O2/c1-9(2,3)21-6-4-20(5-7-21)8(22)23-10(13,11(14,15)16)12(17,18)19/h4-7,13H2,1-3H3. The van der Waals surface area contributed by atoms with E-state index < -0.39 is 23.9 Å². The van der Waals surface area contributed by atoms with Crippen LogP contribution < -0.4 is 0 Å². The molecule has 0 bridgehead atoms. The van der Waals surface area contributed by atoms with Gasteiger partial charge in [-0.1, -0.05) is 0 Å². The molecule has 1 aliphatic rings. The average Bonchev–Trinajstić information content (AvgIpc) is 2.35. The molecule has 1 amide bonds. The number of piperazine rings is 1. The molecule has 1 aliphatic heterocycles. The Hall–Kier alpha value is -1.13. The molecule has 0 N–H and O–H groups in total. The Bertz CT molecular complexity index is 424. The molecule has 0 aromatic rings. The second-order valence-corrected chi connectivity index (χ2v) is 6.54. The SMILES string of the molecule is BC(OC(=O)N1CCN(C(C)(C)C)CC1)(C(F)(F)F)C(F)(F)F. The summed E-state index contributed by atoms with van der Waals surface area (Å²) in [6.07, 6.45) is -13.1. The summed E-state index contributed by atoms with van der Waals surface area (Å²) in [5, 5.41) is 0. The van der Waals surface area contributed by atoms with Crippen molar-refractivity contribution in [1.29, 1.82) is 0 Å². The van der Waals surface area contributed by atoms with Gasteiger partial charge in [0.2, 0.25) is 0 Å². The Kier molecular flexibility index (Phi) is 5.25. The van der Waals surface area contributed by atoms with Gasteiger partial charge in [-0.25, -0.2) is 4.79 Å². The Labute approximate surface area is 131 Å². The molecule has 1 rings (SSSR count). The highest BCUT2D eigenvalue weighted by Crippen LogP contribution is 2.43. The van der Waals surface area contributed by atoms with E-state index >= 15 is 0 Å². The molecule has 0 atom stereocenters. The van der Waals surface area contributed by atoms with E-state index in [1.165, 1.54) is 0 Å². The second kappa shape index (κ2) is 6.06. The summed E-state index contributed by atoms with van der Waals surface area (Å²) in [6.45, 7) is 6.45. The zero-order chi connectivity index (χ0) is 18.3. The molecule has 1 saturated heterocycles. The highest BCUT2D eigenvalue weighted by atomic mass is 19.4. The molecular formula is C12H19BF6N2O2. The molecule has 23 heavy (non-hydrogen) atoms. The van der Waals surface area contributed by atoms with Gasteiger partial charge in [-0.15, -0.1) is 0 Å². The highest BCUT2D eigenvalue weighted by molar-refractivity contribution is 6.16. The molecule has 0 aromatic heterocycles. The molecule has 0 spiro atoms. The van der Waals surface area contributed by atoms with Crippen molar-refractivity contribution in [3.63, 3.8) is 0 Å². The van der Waals surface area contributed by atoms with Gasteiger partial charge >= 0.3 is 18.4 Å². The number of carbonyl (C=O) groups is 1. The van der Waals surface area contributed by atoms with Crippen molar-refractivity contribution in [2.24, 2.45) is 0 Å². The van der Waals surface area contributed by atoms with Gasteiger partial charge in [0, 0.05) is 31.7 Å². The van der Waals surface area contributed by atoms with Crippen LogP contribution in [0.15, 0.2) is 0 Å². The first kappa shape index (κ1) is 19.9. The van der Waals surface area contributed by atoms with Crippen molar-refractivity contribution in [3.8, 4) is 0 Å². The van der Waals surface area contributed by atoms with Crippen LogP contribution in [-0.4, -0.2) is 73.3 Å². The van der Waals surface area contributed by atoms with Crippen molar-refractivity contribution < 1.29 is 35.9 Å². The quantitative estimate of drug-likeness (QED) is 0.537. The fourth-order valence-electron chi connectivity index (χ4n) is 2.08. The molecule has 4 nitrogen and oxygen atoms in total. The largest absolute Gasteiger partial charge is 0.433 e. The van der Waals surface area contributed by atoms with E-state index in [9.17, 15) is 31.1 Å². The normalized spacial score (nSPS) is 18.9. The number of nitrogens with zero attached hydrogens (tertiary/aromatic N) is 2. The molecule has 0 aromatic carbocycles. The van der Waals surface area contributed by atoms with Crippen molar-refractivity contribution in [2.75, 3.05) is 26.2 Å². The Morgan fingerprint density at radius 3 is 1.61 bits per heavy atom. The van der Waals surface area contributed by atoms with Gasteiger partial charge in [-0.3, -0.25) is 4.90 Å².